The van der Waals surface area contributed by atoms with Crippen molar-refractivity contribution in [3.63, 3.8) is 0 Å². The van der Waals surface area contributed by atoms with Crippen molar-refractivity contribution < 1.29 is 27.5 Å². The first-order valence-electron chi connectivity index (χ1n) is 13.3. The van der Waals surface area contributed by atoms with Crippen LogP contribution >= 0.6 is 11.6 Å². The molecular formula is C31H38ClN3O6S. The number of hydrogen-bond acceptors (Lipinski definition) is 6. The Kier molecular flexibility index (Phi) is 10.5. The summed E-state index contributed by atoms with van der Waals surface area (Å²) < 4.78 is 39.8. The summed E-state index contributed by atoms with van der Waals surface area (Å²) in [7, 11) is -1.31. The first-order valence-corrected chi connectivity index (χ1v) is 15.2. The molecule has 3 rings (SSSR count). The number of sulfonamides is 1. The first-order chi connectivity index (χ1) is 19.7. The van der Waals surface area contributed by atoms with Gasteiger partial charge in [-0.2, -0.15) is 0 Å². The topological polar surface area (TPSA) is 105 Å². The number of ether oxygens (including phenoxy) is 2. The molecule has 9 nitrogen and oxygen atoms in total. The number of carbonyl (C=O) groups is 2. The molecule has 0 fully saturated rings. The van der Waals surface area contributed by atoms with E-state index in [1.165, 1.54) is 37.3 Å². The second-order valence-electron chi connectivity index (χ2n) is 10.9. The van der Waals surface area contributed by atoms with E-state index in [4.69, 9.17) is 21.1 Å². The average molecular weight is 616 g/mol. The van der Waals surface area contributed by atoms with Crippen LogP contribution < -0.4 is 19.1 Å². The van der Waals surface area contributed by atoms with Crippen LogP contribution in [0.3, 0.4) is 0 Å². The third-order valence-electron chi connectivity index (χ3n) is 6.47. The molecule has 226 valence electrons. The van der Waals surface area contributed by atoms with Crippen molar-refractivity contribution in [1.82, 2.24) is 10.2 Å². The summed E-state index contributed by atoms with van der Waals surface area (Å²) >= 11 is 6.06. The van der Waals surface area contributed by atoms with Crippen LogP contribution in [0, 0.1) is 6.92 Å². The van der Waals surface area contributed by atoms with E-state index in [2.05, 4.69) is 5.32 Å². The Balaban J connectivity index is 2.09. The van der Waals surface area contributed by atoms with Gasteiger partial charge in [0.25, 0.3) is 10.0 Å². The van der Waals surface area contributed by atoms with E-state index in [9.17, 15) is 18.0 Å². The first kappa shape index (κ1) is 32.8. The summed E-state index contributed by atoms with van der Waals surface area (Å²) in [5, 5.41) is 3.43. The number of methoxy groups -OCH3 is 2. The van der Waals surface area contributed by atoms with Crippen molar-refractivity contribution >= 4 is 39.1 Å². The Bertz CT molecular complexity index is 1500. The Hall–Kier alpha value is -3.76. The molecule has 0 radical (unpaired) electrons. The number of aryl methyl sites for hydroxylation is 1. The molecule has 0 spiro atoms. The molecule has 42 heavy (non-hydrogen) atoms. The standard InChI is InChI=1S/C31H38ClN3O6S/c1-21-8-15-26(16-9-21)42(38,39)35(25-14-17-27(40-6)28(18-25)41-7)20-29(36)34(19-23-10-12-24(32)13-11-23)22(2)30(37)33-31(3,4)5/h8-18,22H,19-20H2,1-7H3,(H,33,37). The quantitative estimate of drug-likeness (QED) is 0.318. The zero-order valence-corrected chi connectivity index (χ0v) is 26.5. The number of nitrogens with zero attached hydrogens (tertiary/aromatic N) is 2. The van der Waals surface area contributed by atoms with E-state index in [0.717, 1.165) is 15.4 Å². The van der Waals surface area contributed by atoms with Gasteiger partial charge in [-0.05, 0) is 76.6 Å². The predicted octanol–water partition coefficient (Wildman–Crippen LogP) is 5.19. The maximum absolute atomic E-state index is 14.1. The van der Waals surface area contributed by atoms with E-state index < -0.39 is 34.1 Å². The molecule has 1 atom stereocenters. The van der Waals surface area contributed by atoms with Gasteiger partial charge in [0, 0.05) is 23.2 Å². The van der Waals surface area contributed by atoms with Gasteiger partial charge in [0.05, 0.1) is 24.8 Å². The number of nitrogens with one attached hydrogen (secondary N) is 1. The lowest BCUT2D eigenvalue weighted by molar-refractivity contribution is -0.140. The predicted molar refractivity (Wildman–Crippen MR) is 165 cm³/mol. The molecule has 0 bridgehead atoms. The summed E-state index contributed by atoms with van der Waals surface area (Å²) in [5.74, 6) is -0.254. The highest BCUT2D eigenvalue weighted by Gasteiger charge is 2.33. The van der Waals surface area contributed by atoms with Crippen LogP contribution in [0.4, 0.5) is 5.69 Å². The number of hydrogen-bond donors (Lipinski definition) is 1. The SMILES string of the molecule is COc1ccc(N(CC(=O)N(Cc2ccc(Cl)cc2)C(C)C(=O)NC(C)(C)C)S(=O)(=O)c2ccc(C)cc2)cc1OC. The Morgan fingerprint density at radius 3 is 2.07 bits per heavy atom. The number of amides is 2. The van der Waals surface area contributed by atoms with Crippen LogP contribution in [0.15, 0.2) is 71.6 Å². The molecule has 0 saturated carbocycles. The van der Waals surface area contributed by atoms with Crippen molar-refractivity contribution in [2.45, 2.75) is 57.6 Å². The number of benzene rings is 3. The molecule has 0 aromatic heterocycles. The van der Waals surface area contributed by atoms with Crippen LogP contribution in [0.5, 0.6) is 11.5 Å². The van der Waals surface area contributed by atoms with E-state index in [-0.39, 0.29) is 23.0 Å². The van der Waals surface area contributed by atoms with Gasteiger partial charge in [0.1, 0.15) is 12.6 Å². The summed E-state index contributed by atoms with van der Waals surface area (Å²) in [5.41, 5.74) is 1.26. The van der Waals surface area contributed by atoms with Gasteiger partial charge in [0.2, 0.25) is 11.8 Å². The van der Waals surface area contributed by atoms with E-state index in [1.807, 2.05) is 27.7 Å². The lowest BCUT2D eigenvalue weighted by atomic mass is 10.1. The number of carbonyl (C=O) groups excluding carboxylic acids is 2. The summed E-state index contributed by atoms with van der Waals surface area (Å²) in [6.07, 6.45) is 0. The fraction of sp³-hybridized carbons (Fsp3) is 0.355. The highest BCUT2D eigenvalue weighted by molar-refractivity contribution is 7.92. The van der Waals surface area contributed by atoms with Crippen LogP contribution in [-0.2, 0) is 26.2 Å². The van der Waals surface area contributed by atoms with Crippen molar-refractivity contribution in [3.05, 3.63) is 82.9 Å². The lowest BCUT2D eigenvalue weighted by Crippen LogP contribution is -2.54. The molecule has 0 aliphatic heterocycles. The number of anilines is 1. The van der Waals surface area contributed by atoms with Crippen LogP contribution in [0.1, 0.15) is 38.8 Å². The molecular weight excluding hydrogens is 578 g/mol. The van der Waals surface area contributed by atoms with Crippen LogP contribution in [-0.4, -0.2) is 57.5 Å². The monoisotopic (exact) mass is 615 g/mol. The molecule has 3 aromatic rings. The third-order valence-corrected chi connectivity index (χ3v) is 8.51. The summed E-state index contributed by atoms with van der Waals surface area (Å²) in [6, 6.07) is 17.0. The molecule has 11 heteroatoms. The zero-order valence-electron chi connectivity index (χ0n) is 25.0. The minimum Gasteiger partial charge on any atom is -0.493 e. The van der Waals surface area contributed by atoms with Crippen molar-refractivity contribution in [2.24, 2.45) is 0 Å². The second kappa shape index (κ2) is 13.5. The van der Waals surface area contributed by atoms with Gasteiger partial charge in [-0.3, -0.25) is 13.9 Å². The molecule has 0 heterocycles. The minimum absolute atomic E-state index is 0.0125. The summed E-state index contributed by atoms with van der Waals surface area (Å²) in [4.78, 5) is 28.7. The molecule has 0 aliphatic carbocycles. The molecule has 0 saturated heterocycles. The van der Waals surface area contributed by atoms with Gasteiger partial charge in [-0.25, -0.2) is 8.42 Å². The van der Waals surface area contributed by atoms with Crippen molar-refractivity contribution in [1.29, 1.82) is 0 Å². The molecule has 3 aromatic carbocycles. The second-order valence-corrected chi connectivity index (χ2v) is 13.2. The Labute approximate surface area is 253 Å². The average Bonchev–Trinajstić information content (AvgIpc) is 2.94. The van der Waals surface area contributed by atoms with Gasteiger partial charge < -0.3 is 19.7 Å². The fourth-order valence-electron chi connectivity index (χ4n) is 4.19. The maximum atomic E-state index is 14.1. The van der Waals surface area contributed by atoms with Gasteiger partial charge in [-0.15, -0.1) is 0 Å². The maximum Gasteiger partial charge on any atom is 0.264 e. The van der Waals surface area contributed by atoms with Gasteiger partial charge in [0.15, 0.2) is 11.5 Å². The molecule has 0 aliphatic rings. The Morgan fingerprint density at radius 2 is 1.52 bits per heavy atom. The Morgan fingerprint density at radius 1 is 0.929 bits per heavy atom. The van der Waals surface area contributed by atoms with Crippen molar-refractivity contribution in [3.8, 4) is 11.5 Å². The highest BCUT2D eigenvalue weighted by Crippen LogP contribution is 2.34. The van der Waals surface area contributed by atoms with Gasteiger partial charge >= 0.3 is 0 Å². The van der Waals surface area contributed by atoms with E-state index >= 15 is 0 Å². The highest BCUT2D eigenvalue weighted by atomic mass is 35.5. The number of halogens is 1. The van der Waals surface area contributed by atoms with Crippen molar-refractivity contribution in [2.75, 3.05) is 25.1 Å². The largest absolute Gasteiger partial charge is 0.493 e. The molecule has 1 unspecified atom stereocenters. The fourth-order valence-corrected chi connectivity index (χ4v) is 5.72. The van der Waals surface area contributed by atoms with Crippen LogP contribution in [0.25, 0.3) is 0 Å². The van der Waals surface area contributed by atoms with Crippen LogP contribution in [0.2, 0.25) is 5.02 Å². The lowest BCUT2D eigenvalue weighted by Gasteiger charge is -2.33. The minimum atomic E-state index is -4.23. The summed E-state index contributed by atoms with van der Waals surface area (Å²) in [6.45, 7) is 8.47. The van der Waals surface area contributed by atoms with E-state index in [1.54, 1.807) is 55.5 Å². The zero-order chi connectivity index (χ0) is 31.2. The normalized spacial score (nSPS) is 12.3. The molecule has 1 N–H and O–H groups in total. The van der Waals surface area contributed by atoms with Gasteiger partial charge in [-0.1, -0.05) is 41.4 Å². The van der Waals surface area contributed by atoms with E-state index in [0.29, 0.717) is 16.5 Å². The number of rotatable bonds is 11. The third kappa shape index (κ3) is 8.17. The smallest absolute Gasteiger partial charge is 0.264 e. The molecule has 2 amide bonds.